The van der Waals surface area contributed by atoms with Crippen molar-refractivity contribution in [1.29, 1.82) is 0 Å². The first kappa shape index (κ1) is 21.9. The van der Waals surface area contributed by atoms with E-state index in [4.69, 9.17) is 0 Å². The quantitative estimate of drug-likeness (QED) is 0.589. The van der Waals surface area contributed by atoms with Gasteiger partial charge in [0.1, 0.15) is 0 Å². The molecule has 1 saturated heterocycles. The van der Waals surface area contributed by atoms with Crippen molar-refractivity contribution >= 4 is 17.7 Å². The van der Waals surface area contributed by atoms with Gasteiger partial charge in [0.05, 0.1) is 6.54 Å². The number of amides is 3. The maximum absolute atomic E-state index is 12.3. The van der Waals surface area contributed by atoms with Gasteiger partial charge in [-0.15, -0.1) is 0 Å². The molecule has 1 aliphatic rings. The minimum atomic E-state index is -0.0114. The number of carbonyl (C=O) groups excluding carboxylic acids is 3. The lowest BCUT2D eigenvalue weighted by Crippen LogP contribution is -2.51. The lowest BCUT2D eigenvalue weighted by Gasteiger charge is -2.34. The standard InChI is InChI=1S/C21H32N4O3/c1-18(26)22-11-7-3-6-10-21(28)25-14-12-24(13-15-25)17-20(27)23-16-19-8-4-2-5-9-19/h2,4-5,8-9H,3,6-7,10-17H2,1H3,(H,22,26)(H,23,27). The van der Waals surface area contributed by atoms with E-state index in [-0.39, 0.29) is 17.7 Å². The molecule has 0 radical (unpaired) electrons. The van der Waals surface area contributed by atoms with Crippen LogP contribution in [0.3, 0.4) is 0 Å². The number of carbonyl (C=O) groups is 3. The van der Waals surface area contributed by atoms with Gasteiger partial charge in [-0.2, -0.15) is 0 Å². The average molecular weight is 389 g/mol. The molecule has 0 aromatic heterocycles. The molecule has 0 saturated carbocycles. The molecule has 0 aliphatic carbocycles. The van der Waals surface area contributed by atoms with Crippen LogP contribution in [0.15, 0.2) is 30.3 Å². The van der Waals surface area contributed by atoms with E-state index in [1.807, 2.05) is 35.2 Å². The molecule has 0 unspecified atom stereocenters. The van der Waals surface area contributed by atoms with Gasteiger partial charge in [0.25, 0.3) is 0 Å². The number of hydrogen-bond acceptors (Lipinski definition) is 4. The van der Waals surface area contributed by atoms with Gasteiger partial charge in [-0.3, -0.25) is 19.3 Å². The third-order valence-corrected chi connectivity index (χ3v) is 4.87. The van der Waals surface area contributed by atoms with Crippen LogP contribution >= 0.6 is 0 Å². The zero-order valence-electron chi connectivity index (χ0n) is 16.8. The number of benzene rings is 1. The van der Waals surface area contributed by atoms with E-state index in [0.717, 1.165) is 37.9 Å². The fourth-order valence-corrected chi connectivity index (χ4v) is 3.21. The largest absolute Gasteiger partial charge is 0.356 e. The molecule has 0 atom stereocenters. The molecule has 7 nitrogen and oxygen atoms in total. The van der Waals surface area contributed by atoms with Crippen molar-refractivity contribution in [3.05, 3.63) is 35.9 Å². The fraction of sp³-hybridized carbons (Fsp3) is 0.571. The topological polar surface area (TPSA) is 81.8 Å². The molecule has 2 rings (SSSR count). The van der Waals surface area contributed by atoms with E-state index in [0.29, 0.717) is 39.1 Å². The second kappa shape index (κ2) is 12.1. The third-order valence-electron chi connectivity index (χ3n) is 4.87. The van der Waals surface area contributed by atoms with E-state index in [2.05, 4.69) is 15.5 Å². The van der Waals surface area contributed by atoms with Crippen LogP contribution in [0, 0.1) is 0 Å². The highest BCUT2D eigenvalue weighted by Crippen LogP contribution is 2.07. The highest BCUT2D eigenvalue weighted by molar-refractivity contribution is 5.78. The molecule has 154 valence electrons. The van der Waals surface area contributed by atoms with Gasteiger partial charge in [-0.25, -0.2) is 0 Å². The first-order valence-electron chi connectivity index (χ1n) is 10.1. The number of nitrogens with one attached hydrogen (secondary N) is 2. The van der Waals surface area contributed by atoms with Crippen LogP contribution in [0.1, 0.15) is 38.2 Å². The number of unbranched alkanes of at least 4 members (excludes halogenated alkanes) is 2. The molecule has 1 heterocycles. The summed E-state index contributed by atoms with van der Waals surface area (Å²) in [5.41, 5.74) is 1.09. The summed E-state index contributed by atoms with van der Waals surface area (Å²) in [5, 5.41) is 5.71. The number of hydrogen-bond donors (Lipinski definition) is 2. The third kappa shape index (κ3) is 8.52. The fourth-order valence-electron chi connectivity index (χ4n) is 3.21. The Morgan fingerprint density at radius 2 is 1.64 bits per heavy atom. The first-order valence-corrected chi connectivity index (χ1v) is 10.1. The van der Waals surface area contributed by atoms with Gasteiger partial charge in [-0.05, 0) is 18.4 Å². The monoisotopic (exact) mass is 388 g/mol. The predicted molar refractivity (Wildman–Crippen MR) is 108 cm³/mol. The van der Waals surface area contributed by atoms with Gasteiger partial charge in [0, 0.05) is 52.6 Å². The Balaban J connectivity index is 1.55. The predicted octanol–water partition coefficient (Wildman–Crippen LogP) is 1.14. The van der Waals surface area contributed by atoms with Crippen molar-refractivity contribution < 1.29 is 14.4 Å². The van der Waals surface area contributed by atoms with Gasteiger partial charge in [-0.1, -0.05) is 36.8 Å². The second-order valence-electron chi connectivity index (χ2n) is 7.21. The average Bonchev–Trinajstić information content (AvgIpc) is 2.70. The highest BCUT2D eigenvalue weighted by atomic mass is 16.2. The van der Waals surface area contributed by atoms with Gasteiger partial charge >= 0.3 is 0 Å². The van der Waals surface area contributed by atoms with Gasteiger partial charge < -0.3 is 15.5 Å². The number of rotatable bonds is 10. The van der Waals surface area contributed by atoms with E-state index in [9.17, 15) is 14.4 Å². The highest BCUT2D eigenvalue weighted by Gasteiger charge is 2.21. The van der Waals surface area contributed by atoms with E-state index in [1.165, 1.54) is 6.92 Å². The molecular formula is C21H32N4O3. The molecule has 1 fully saturated rings. The lowest BCUT2D eigenvalue weighted by atomic mass is 10.1. The van der Waals surface area contributed by atoms with Crippen LogP contribution < -0.4 is 10.6 Å². The van der Waals surface area contributed by atoms with Crippen LogP contribution in [0.25, 0.3) is 0 Å². The lowest BCUT2D eigenvalue weighted by molar-refractivity contribution is -0.133. The maximum Gasteiger partial charge on any atom is 0.234 e. The van der Waals surface area contributed by atoms with Gasteiger partial charge in [0.2, 0.25) is 17.7 Å². The Hall–Kier alpha value is -2.41. The van der Waals surface area contributed by atoms with Crippen molar-refractivity contribution in [2.24, 2.45) is 0 Å². The Bertz CT molecular complexity index is 628. The van der Waals surface area contributed by atoms with E-state index in [1.54, 1.807) is 0 Å². The molecule has 0 spiro atoms. The molecule has 3 amide bonds. The van der Waals surface area contributed by atoms with Crippen LogP contribution in [0.5, 0.6) is 0 Å². The SMILES string of the molecule is CC(=O)NCCCCCC(=O)N1CCN(CC(=O)NCc2ccccc2)CC1. The van der Waals surface area contributed by atoms with Crippen molar-refractivity contribution in [3.8, 4) is 0 Å². The van der Waals surface area contributed by atoms with Crippen LogP contribution in [-0.4, -0.2) is 66.8 Å². The van der Waals surface area contributed by atoms with Crippen molar-refractivity contribution in [2.75, 3.05) is 39.3 Å². The Morgan fingerprint density at radius 1 is 0.929 bits per heavy atom. The molecule has 1 aliphatic heterocycles. The number of nitrogens with zero attached hydrogens (tertiary/aromatic N) is 2. The van der Waals surface area contributed by atoms with Crippen molar-refractivity contribution in [1.82, 2.24) is 20.4 Å². The molecule has 28 heavy (non-hydrogen) atoms. The van der Waals surface area contributed by atoms with Crippen LogP contribution in [-0.2, 0) is 20.9 Å². The van der Waals surface area contributed by atoms with Gasteiger partial charge in [0.15, 0.2) is 0 Å². The Kier molecular flexibility index (Phi) is 9.48. The normalized spacial score (nSPS) is 14.5. The van der Waals surface area contributed by atoms with Crippen LogP contribution in [0.2, 0.25) is 0 Å². The van der Waals surface area contributed by atoms with E-state index < -0.39 is 0 Å². The second-order valence-corrected chi connectivity index (χ2v) is 7.21. The smallest absolute Gasteiger partial charge is 0.234 e. The minimum absolute atomic E-state index is 0.0114. The maximum atomic E-state index is 12.3. The summed E-state index contributed by atoms with van der Waals surface area (Å²) < 4.78 is 0. The minimum Gasteiger partial charge on any atom is -0.356 e. The van der Waals surface area contributed by atoms with Crippen LogP contribution in [0.4, 0.5) is 0 Å². The molecule has 1 aromatic carbocycles. The summed E-state index contributed by atoms with van der Waals surface area (Å²) in [6.07, 6.45) is 3.24. The van der Waals surface area contributed by atoms with Crippen molar-refractivity contribution in [3.63, 3.8) is 0 Å². The summed E-state index contributed by atoms with van der Waals surface area (Å²) in [4.78, 5) is 39.2. The zero-order chi connectivity index (χ0) is 20.2. The molecule has 0 bridgehead atoms. The summed E-state index contributed by atoms with van der Waals surface area (Å²) >= 11 is 0. The summed E-state index contributed by atoms with van der Waals surface area (Å²) in [7, 11) is 0. The number of piperazine rings is 1. The molecular weight excluding hydrogens is 356 g/mol. The van der Waals surface area contributed by atoms with E-state index >= 15 is 0 Å². The molecule has 1 aromatic rings. The summed E-state index contributed by atoms with van der Waals surface area (Å²) in [6, 6.07) is 9.86. The first-order chi connectivity index (χ1) is 13.5. The zero-order valence-corrected chi connectivity index (χ0v) is 16.8. The molecule has 2 N–H and O–H groups in total. The summed E-state index contributed by atoms with van der Waals surface area (Å²) in [5.74, 6) is 0.193. The Morgan fingerprint density at radius 3 is 2.32 bits per heavy atom. The molecule has 7 heteroatoms. The summed E-state index contributed by atoms with van der Waals surface area (Å²) in [6.45, 7) is 5.91. The Labute approximate surface area is 167 Å². The van der Waals surface area contributed by atoms with Crippen molar-refractivity contribution in [2.45, 2.75) is 39.2 Å².